The van der Waals surface area contributed by atoms with E-state index in [-0.39, 0.29) is 30.0 Å². The molecule has 2 unspecified atom stereocenters. The summed E-state index contributed by atoms with van der Waals surface area (Å²) >= 11 is 0. The minimum Gasteiger partial charge on any atom is -0.406 e. The number of benzene rings is 1. The number of carbonyl (C=O) groups is 1. The van der Waals surface area contributed by atoms with E-state index in [2.05, 4.69) is 15.4 Å². The van der Waals surface area contributed by atoms with Gasteiger partial charge in [-0.25, -0.2) is 0 Å². The van der Waals surface area contributed by atoms with Gasteiger partial charge in [-0.2, -0.15) is 0 Å². The van der Waals surface area contributed by atoms with Crippen molar-refractivity contribution in [3.8, 4) is 5.75 Å². The highest BCUT2D eigenvalue weighted by Gasteiger charge is 2.31. The first kappa shape index (κ1) is 15.6. The van der Waals surface area contributed by atoms with Crippen molar-refractivity contribution >= 4 is 5.91 Å². The van der Waals surface area contributed by atoms with Crippen LogP contribution in [0, 0.1) is 11.8 Å². The lowest BCUT2D eigenvalue weighted by Gasteiger charge is -2.14. The van der Waals surface area contributed by atoms with E-state index < -0.39 is 6.36 Å². The van der Waals surface area contributed by atoms with Crippen molar-refractivity contribution < 1.29 is 22.7 Å². The predicted octanol–water partition coefficient (Wildman–Crippen LogP) is 2.06. The molecule has 2 rings (SSSR count). The summed E-state index contributed by atoms with van der Waals surface area (Å²) in [5.74, 6) is -0.0836. The van der Waals surface area contributed by atoms with E-state index in [1.807, 2.05) is 6.92 Å². The van der Waals surface area contributed by atoms with Gasteiger partial charge in [-0.1, -0.05) is 19.1 Å². The van der Waals surface area contributed by atoms with Crippen molar-refractivity contribution in [1.82, 2.24) is 10.6 Å². The summed E-state index contributed by atoms with van der Waals surface area (Å²) in [5.41, 5.74) is 0.719. The molecule has 0 bridgehead atoms. The van der Waals surface area contributed by atoms with Crippen molar-refractivity contribution in [2.75, 3.05) is 13.1 Å². The van der Waals surface area contributed by atoms with E-state index in [1.54, 1.807) is 0 Å². The highest BCUT2D eigenvalue weighted by atomic mass is 19.4. The Morgan fingerprint density at radius 1 is 1.33 bits per heavy atom. The monoisotopic (exact) mass is 302 g/mol. The molecule has 0 aliphatic carbocycles. The van der Waals surface area contributed by atoms with Gasteiger partial charge < -0.3 is 15.4 Å². The highest BCUT2D eigenvalue weighted by molar-refractivity contribution is 5.79. The molecule has 21 heavy (non-hydrogen) atoms. The van der Waals surface area contributed by atoms with Crippen LogP contribution < -0.4 is 15.4 Å². The SMILES string of the molecule is CC1CNCC1C(=O)NCc1ccc(OC(F)(F)F)cc1. The van der Waals surface area contributed by atoms with Gasteiger partial charge >= 0.3 is 6.36 Å². The van der Waals surface area contributed by atoms with Crippen LogP contribution in [-0.4, -0.2) is 25.4 Å². The standard InChI is InChI=1S/C14H17F3N2O2/c1-9-6-18-8-12(9)13(20)19-7-10-2-4-11(5-3-10)21-14(15,16)17/h2-5,9,12,18H,6-8H2,1H3,(H,19,20). The lowest BCUT2D eigenvalue weighted by atomic mass is 9.97. The zero-order valence-corrected chi connectivity index (χ0v) is 11.5. The molecule has 1 aromatic carbocycles. The molecule has 1 fully saturated rings. The van der Waals surface area contributed by atoms with Crippen molar-refractivity contribution in [3.63, 3.8) is 0 Å². The molecule has 1 aliphatic rings. The number of amides is 1. The predicted molar refractivity (Wildman–Crippen MR) is 70.5 cm³/mol. The van der Waals surface area contributed by atoms with E-state index in [0.29, 0.717) is 6.54 Å². The van der Waals surface area contributed by atoms with E-state index in [9.17, 15) is 18.0 Å². The summed E-state index contributed by atoms with van der Waals surface area (Å²) in [6.45, 7) is 3.77. The number of nitrogens with one attached hydrogen (secondary N) is 2. The molecular weight excluding hydrogens is 285 g/mol. The smallest absolute Gasteiger partial charge is 0.406 e. The molecule has 1 aromatic rings. The van der Waals surface area contributed by atoms with Crippen LogP contribution in [0.1, 0.15) is 12.5 Å². The van der Waals surface area contributed by atoms with Gasteiger partial charge in [0.05, 0.1) is 5.92 Å². The third kappa shape index (κ3) is 4.63. The van der Waals surface area contributed by atoms with E-state index in [0.717, 1.165) is 12.1 Å². The lowest BCUT2D eigenvalue weighted by molar-refractivity contribution is -0.274. The van der Waals surface area contributed by atoms with Crippen molar-refractivity contribution in [3.05, 3.63) is 29.8 Å². The zero-order chi connectivity index (χ0) is 15.5. The first-order valence-electron chi connectivity index (χ1n) is 6.68. The van der Waals surface area contributed by atoms with E-state index >= 15 is 0 Å². The Kier molecular flexibility index (Phi) is 4.72. The van der Waals surface area contributed by atoms with Gasteiger partial charge in [0.2, 0.25) is 5.91 Å². The molecule has 0 saturated carbocycles. The highest BCUT2D eigenvalue weighted by Crippen LogP contribution is 2.22. The largest absolute Gasteiger partial charge is 0.573 e. The van der Waals surface area contributed by atoms with Crippen LogP contribution in [0.2, 0.25) is 0 Å². The van der Waals surface area contributed by atoms with Gasteiger partial charge in [0.1, 0.15) is 5.75 Å². The Morgan fingerprint density at radius 2 is 2.00 bits per heavy atom. The van der Waals surface area contributed by atoms with Crippen LogP contribution in [0.25, 0.3) is 0 Å². The number of halogens is 3. The average molecular weight is 302 g/mol. The Bertz CT molecular complexity index is 488. The van der Waals surface area contributed by atoms with Gasteiger partial charge in [0.25, 0.3) is 0 Å². The van der Waals surface area contributed by atoms with Crippen molar-refractivity contribution in [2.24, 2.45) is 11.8 Å². The maximum absolute atomic E-state index is 12.0. The molecule has 0 radical (unpaired) electrons. The number of rotatable bonds is 4. The fourth-order valence-corrected chi connectivity index (χ4v) is 2.29. The maximum atomic E-state index is 12.0. The number of alkyl halides is 3. The van der Waals surface area contributed by atoms with Gasteiger partial charge in [0, 0.05) is 13.1 Å². The Morgan fingerprint density at radius 3 is 2.52 bits per heavy atom. The Labute approximate surface area is 120 Å². The second kappa shape index (κ2) is 6.34. The lowest BCUT2D eigenvalue weighted by Crippen LogP contribution is -2.33. The number of hydrogen-bond donors (Lipinski definition) is 2. The summed E-state index contributed by atoms with van der Waals surface area (Å²) in [6.07, 6.45) is -4.69. The van der Waals surface area contributed by atoms with Gasteiger partial charge in [-0.3, -0.25) is 4.79 Å². The van der Waals surface area contributed by atoms with Gasteiger partial charge in [-0.15, -0.1) is 13.2 Å². The van der Waals surface area contributed by atoms with Crippen molar-refractivity contribution in [1.29, 1.82) is 0 Å². The number of ether oxygens (including phenoxy) is 1. The third-order valence-corrected chi connectivity index (χ3v) is 3.48. The van der Waals surface area contributed by atoms with Crippen LogP contribution >= 0.6 is 0 Å². The fraction of sp³-hybridized carbons (Fsp3) is 0.500. The molecule has 1 saturated heterocycles. The summed E-state index contributed by atoms with van der Waals surface area (Å²) in [4.78, 5) is 12.0. The molecule has 0 aromatic heterocycles. The molecule has 1 aliphatic heterocycles. The normalized spacial score (nSPS) is 22.1. The topological polar surface area (TPSA) is 50.4 Å². The summed E-state index contributed by atoms with van der Waals surface area (Å²) in [6, 6.07) is 5.46. The zero-order valence-electron chi connectivity index (χ0n) is 11.5. The van der Waals surface area contributed by atoms with Gasteiger partial charge in [-0.05, 0) is 30.2 Å². The minimum atomic E-state index is -4.69. The molecule has 7 heteroatoms. The third-order valence-electron chi connectivity index (χ3n) is 3.48. The molecule has 1 heterocycles. The Hall–Kier alpha value is -1.76. The molecule has 2 atom stereocenters. The van der Waals surface area contributed by atoms with E-state index in [4.69, 9.17) is 0 Å². The van der Waals surface area contributed by atoms with Crippen LogP contribution in [0.5, 0.6) is 5.75 Å². The van der Waals surface area contributed by atoms with Crippen molar-refractivity contribution in [2.45, 2.75) is 19.8 Å². The molecule has 4 nitrogen and oxygen atoms in total. The minimum absolute atomic E-state index is 0.0388. The fourth-order valence-electron chi connectivity index (χ4n) is 2.29. The average Bonchev–Trinajstić information content (AvgIpc) is 2.82. The molecule has 2 N–H and O–H groups in total. The second-order valence-corrected chi connectivity index (χ2v) is 5.15. The quantitative estimate of drug-likeness (QED) is 0.895. The summed E-state index contributed by atoms with van der Waals surface area (Å²) in [7, 11) is 0. The van der Waals surface area contributed by atoms with Crippen LogP contribution in [0.15, 0.2) is 24.3 Å². The maximum Gasteiger partial charge on any atom is 0.573 e. The Balaban J connectivity index is 1.85. The molecular formula is C14H17F3N2O2. The first-order chi connectivity index (χ1) is 9.85. The molecule has 116 valence electrons. The summed E-state index contributed by atoms with van der Waals surface area (Å²) < 4.78 is 39.8. The number of carbonyl (C=O) groups excluding carboxylic acids is 1. The van der Waals surface area contributed by atoms with Crippen LogP contribution in [0.4, 0.5) is 13.2 Å². The summed E-state index contributed by atoms with van der Waals surface area (Å²) in [5, 5.41) is 5.94. The van der Waals surface area contributed by atoms with E-state index in [1.165, 1.54) is 24.3 Å². The second-order valence-electron chi connectivity index (χ2n) is 5.15. The molecule has 1 amide bonds. The van der Waals surface area contributed by atoms with Gasteiger partial charge in [0.15, 0.2) is 0 Å². The van der Waals surface area contributed by atoms with Crippen LogP contribution in [0.3, 0.4) is 0 Å². The van der Waals surface area contributed by atoms with Crippen LogP contribution in [-0.2, 0) is 11.3 Å². The first-order valence-corrected chi connectivity index (χ1v) is 6.68. The molecule has 0 spiro atoms. The number of hydrogen-bond acceptors (Lipinski definition) is 3.